The average Bonchev–Trinajstić information content (AvgIpc) is 2.18. The SMILES string of the molecule is CC(=O)CN1CCOC2CCCCC21. The summed E-state index contributed by atoms with van der Waals surface area (Å²) in [5, 5.41) is 0. The van der Waals surface area contributed by atoms with Gasteiger partial charge in [-0.25, -0.2) is 0 Å². The van der Waals surface area contributed by atoms with Crippen LogP contribution in [0.4, 0.5) is 0 Å². The van der Waals surface area contributed by atoms with Gasteiger partial charge in [-0.1, -0.05) is 12.8 Å². The summed E-state index contributed by atoms with van der Waals surface area (Å²) in [7, 11) is 0. The van der Waals surface area contributed by atoms with Gasteiger partial charge >= 0.3 is 0 Å². The van der Waals surface area contributed by atoms with Crippen LogP contribution in [0, 0.1) is 0 Å². The van der Waals surface area contributed by atoms with Crippen LogP contribution in [0.2, 0.25) is 0 Å². The topological polar surface area (TPSA) is 29.5 Å². The Labute approximate surface area is 85.4 Å². The molecule has 0 radical (unpaired) electrons. The number of Topliss-reactive ketones (excluding diaryl/α,β-unsaturated/α-hetero) is 1. The standard InChI is InChI=1S/C11H19NO2/c1-9(13)8-12-6-7-14-11-5-3-2-4-10(11)12/h10-11H,2-8H2,1H3. The molecule has 3 nitrogen and oxygen atoms in total. The summed E-state index contributed by atoms with van der Waals surface area (Å²) in [4.78, 5) is 13.4. The van der Waals surface area contributed by atoms with E-state index in [9.17, 15) is 4.79 Å². The van der Waals surface area contributed by atoms with Gasteiger partial charge in [0.1, 0.15) is 5.78 Å². The molecule has 0 aromatic heterocycles. The van der Waals surface area contributed by atoms with E-state index in [-0.39, 0.29) is 5.78 Å². The van der Waals surface area contributed by atoms with Crippen molar-refractivity contribution in [1.29, 1.82) is 0 Å². The fourth-order valence-corrected chi connectivity index (χ4v) is 2.66. The maximum atomic E-state index is 11.1. The van der Waals surface area contributed by atoms with Gasteiger partial charge < -0.3 is 4.74 Å². The van der Waals surface area contributed by atoms with Crippen molar-refractivity contribution in [2.24, 2.45) is 0 Å². The van der Waals surface area contributed by atoms with Crippen molar-refractivity contribution in [3.63, 3.8) is 0 Å². The number of hydrogen-bond acceptors (Lipinski definition) is 3. The van der Waals surface area contributed by atoms with Gasteiger partial charge in [0, 0.05) is 12.6 Å². The van der Waals surface area contributed by atoms with E-state index in [1.54, 1.807) is 6.92 Å². The average molecular weight is 197 g/mol. The van der Waals surface area contributed by atoms with Gasteiger partial charge in [-0.3, -0.25) is 9.69 Å². The third-order valence-electron chi connectivity index (χ3n) is 3.27. The highest BCUT2D eigenvalue weighted by molar-refractivity contribution is 5.77. The summed E-state index contributed by atoms with van der Waals surface area (Å²) in [5.74, 6) is 0.274. The molecule has 14 heavy (non-hydrogen) atoms. The molecule has 2 fully saturated rings. The third kappa shape index (κ3) is 2.15. The van der Waals surface area contributed by atoms with E-state index in [1.807, 2.05) is 0 Å². The molecule has 2 rings (SSSR count). The van der Waals surface area contributed by atoms with E-state index in [0.29, 0.717) is 18.7 Å². The van der Waals surface area contributed by atoms with Crippen LogP contribution in [0.5, 0.6) is 0 Å². The van der Waals surface area contributed by atoms with E-state index in [4.69, 9.17) is 4.74 Å². The minimum absolute atomic E-state index is 0.274. The largest absolute Gasteiger partial charge is 0.375 e. The quantitative estimate of drug-likeness (QED) is 0.666. The van der Waals surface area contributed by atoms with Crippen molar-refractivity contribution >= 4 is 5.78 Å². The highest BCUT2D eigenvalue weighted by atomic mass is 16.5. The second-order valence-electron chi connectivity index (χ2n) is 4.43. The smallest absolute Gasteiger partial charge is 0.143 e. The minimum Gasteiger partial charge on any atom is -0.375 e. The van der Waals surface area contributed by atoms with Gasteiger partial charge in [0.2, 0.25) is 0 Å². The Bertz CT molecular complexity index is 215. The third-order valence-corrected chi connectivity index (χ3v) is 3.27. The lowest BCUT2D eigenvalue weighted by molar-refractivity contribution is -0.125. The molecule has 2 atom stereocenters. The lowest BCUT2D eigenvalue weighted by Crippen LogP contribution is -2.53. The van der Waals surface area contributed by atoms with Crippen molar-refractivity contribution < 1.29 is 9.53 Å². The van der Waals surface area contributed by atoms with Crippen LogP contribution in [0.3, 0.4) is 0 Å². The Morgan fingerprint density at radius 2 is 2.21 bits per heavy atom. The van der Waals surface area contributed by atoms with Gasteiger partial charge in [-0.2, -0.15) is 0 Å². The molecule has 0 N–H and O–H groups in total. The van der Waals surface area contributed by atoms with Crippen LogP contribution in [0.1, 0.15) is 32.6 Å². The predicted molar refractivity (Wildman–Crippen MR) is 54.3 cm³/mol. The first kappa shape index (κ1) is 10.1. The minimum atomic E-state index is 0.274. The summed E-state index contributed by atoms with van der Waals surface area (Å²) in [6.45, 7) is 4.02. The van der Waals surface area contributed by atoms with E-state index < -0.39 is 0 Å². The second-order valence-corrected chi connectivity index (χ2v) is 4.43. The molecule has 0 bridgehead atoms. The summed E-state index contributed by atoms with van der Waals surface area (Å²) >= 11 is 0. The van der Waals surface area contributed by atoms with Crippen molar-refractivity contribution in [3.8, 4) is 0 Å². The van der Waals surface area contributed by atoms with E-state index >= 15 is 0 Å². The lowest BCUT2D eigenvalue weighted by Gasteiger charge is -2.43. The van der Waals surface area contributed by atoms with Crippen LogP contribution < -0.4 is 0 Å². The molecular weight excluding hydrogens is 178 g/mol. The molecule has 0 spiro atoms. The van der Waals surface area contributed by atoms with Crippen LogP contribution in [-0.4, -0.2) is 42.5 Å². The molecule has 1 heterocycles. The monoisotopic (exact) mass is 197 g/mol. The first-order chi connectivity index (χ1) is 6.77. The number of carbonyl (C=O) groups excluding carboxylic acids is 1. The summed E-state index contributed by atoms with van der Waals surface area (Å²) in [6.07, 6.45) is 5.36. The Balaban J connectivity index is 1.97. The summed E-state index contributed by atoms with van der Waals surface area (Å²) < 4.78 is 5.74. The first-order valence-electron chi connectivity index (χ1n) is 5.62. The first-order valence-corrected chi connectivity index (χ1v) is 5.62. The normalized spacial score (nSPS) is 33.8. The van der Waals surface area contributed by atoms with E-state index in [0.717, 1.165) is 13.2 Å². The zero-order valence-corrected chi connectivity index (χ0v) is 8.87. The fourth-order valence-electron chi connectivity index (χ4n) is 2.66. The molecule has 1 aliphatic carbocycles. The fraction of sp³-hybridized carbons (Fsp3) is 0.909. The Morgan fingerprint density at radius 1 is 1.43 bits per heavy atom. The number of hydrogen-bond donors (Lipinski definition) is 0. The highest BCUT2D eigenvalue weighted by Crippen LogP contribution is 2.28. The molecular formula is C11H19NO2. The molecule has 0 aromatic rings. The number of rotatable bonds is 2. The van der Waals surface area contributed by atoms with Gasteiger partial charge in [0.25, 0.3) is 0 Å². The Morgan fingerprint density at radius 3 is 3.00 bits per heavy atom. The van der Waals surface area contributed by atoms with Crippen molar-refractivity contribution in [2.45, 2.75) is 44.8 Å². The molecule has 80 valence electrons. The number of ketones is 1. The predicted octanol–water partition coefficient (Wildman–Crippen LogP) is 1.22. The molecule has 1 saturated carbocycles. The van der Waals surface area contributed by atoms with Gasteiger partial charge in [-0.05, 0) is 19.8 Å². The number of fused-ring (bicyclic) bond motifs is 1. The van der Waals surface area contributed by atoms with Crippen molar-refractivity contribution in [3.05, 3.63) is 0 Å². The van der Waals surface area contributed by atoms with Crippen LogP contribution in [0.15, 0.2) is 0 Å². The number of carbonyl (C=O) groups is 1. The Kier molecular flexibility index (Phi) is 3.19. The van der Waals surface area contributed by atoms with E-state index in [2.05, 4.69) is 4.90 Å². The van der Waals surface area contributed by atoms with Crippen molar-refractivity contribution in [2.75, 3.05) is 19.7 Å². The van der Waals surface area contributed by atoms with Gasteiger partial charge in [-0.15, -0.1) is 0 Å². The summed E-state index contributed by atoms with van der Waals surface area (Å²) in [6, 6.07) is 0.515. The molecule has 1 saturated heterocycles. The zero-order chi connectivity index (χ0) is 9.97. The number of nitrogens with zero attached hydrogens (tertiary/aromatic N) is 1. The summed E-state index contributed by atoms with van der Waals surface area (Å²) in [5.41, 5.74) is 0. The van der Waals surface area contributed by atoms with Gasteiger partial charge in [0.05, 0.1) is 19.3 Å². The molecule has 0 aromatic carbocycles. The molecule has 1 aliphatic heterocycles. The highest BCUT2D eigenvalue weighted by Gasteiger charge is 2.34. The Hall–Kier alpha value is -0.410. The number of ether oxygens (including phenoxy) is 1. The zero-order valence-electron chi connectivity index (χ0n) is 8.87. The maximum Gasteiger partial charge on any atom is 0.143 e. The maximum absolute atomic E-state index is 11.1. The second kappa shape index (κ2) is 4.41. The van der Waals surface area contributed by atoms with E-state index in [1.165, 1.54) is 25.7 Å². The molecule has 2 unspecified atom stereocenters. The van der Waals surface area contributed by atoms with Crippen LogP contribution in [0.25, 0.3) is 0 Å². The lowest BCUT2D eigenvalue weighted by atomic mass is 9.90. The van der Waals surface area contributed by atoms with Crippen molar-refractivity contribution in [1.82, 2.24) is 4.90 Å². The molecule has 3 heteroatoms. The van der Waals surface area contributed by atoms with Crippen LogP contribution >= 0.6 is 0 Å². The molecule has 0 amide bonds. The molecule has 2 aliphatic rings. The van der Waals surface area contributed by atoms with Gasteiger partial charge in [0.15, 0.2) is 0 Å². The van der Waals surface area contributed by atoms with Crippen LogP contribution in [-0.2, 0) is 9.53 Å². The number of morpholine rings is 1.